The van der Waals surface area contributed by atoms with Gasteiger partial charge in [0.05, 0.1) is 11.9 Å². The molecule has 146 valence electrons. The van der Waals surface area contributed by atoms with Crippen molar-refractivity contribution in [2.24, 2.45) is 0 Å². The monoisotopic (exact) mass is 415 g/mol. The molecular formula is C20H21N3O3S2. The Bertz CT molecular complexity index is 1090. The lowest BCUT2D eigenvalue weighted by Gasteiger charge is -2.21. The van der Waals surface area contributed by atoms with Gasteiger partial charge in [0.1, 0.15) is 14.8 Å². The van der Waals surface area contributed by atoms with Gasteiger partial charge in [0, 0.05) is 11.1 Å². The quantitative estimate of drug-likeness (QED) is 0.656. The van der Waals surface area contributed by atoms with E-state index in [2.05, 4.69) is 15.0 Å². The minimum atomic E-state index is -3.79. The fourth-order valence-electron chi connectivity index (χ4n) is 2.54. The van der Waals surface area contributed by atoms with Crippen LogP contribution in [0, 0.1) is 0 Å². The van der Waals surface area contributed by atoms with Gasteiger partial charge in [0.15, 0.2) is 0 Å². The number of sulfonamides is 1. The molecule has 1 amide bonds. The van der Waals surface area contributed by atoms with Crippen LogP contribution in [0.1, 0.15) is 30.4 Å². The SMILES string of the molecule is CC(C)(C)NS(=O)(=O)c1ccccc1NC(=O)c1cnc(-c2ccccc2)s1. The number of para-hydroxylation sites is 1. The molecule has 2 N–H and O–H groups in total. The van der Waals surface area contributed by atoms with Gasteiger partial charge in [-0.15, -0.1) is 11.3 Å². The van der Waals surface area contributed by atoms with Crippen molar-refractivity contribution in [3.63, 3.8) is 0 Å². The predicted molar refractivity (Wildman–Crippen MR) is 112 cm³/mol. The Morgan fingerprint density at radius 2 is 1.64 bits per heavy atom. The molecule has 3 aromatic rings. The normalized spacial score (nSPS) is 12.0. The van der Waals surface area contributed by atoms with Crippen molar-refractivity contribution < 1.29 is 13.2 Å². The van der Waals surface area contributed by atoms with Crippen molar-refractivity contribution in [2.75, 3.05) is 5.32 Å². The highest BCUT2D eigenvalue weighted by Crippen LogP contribution is 2.27. The van der Waals surface area contributed by atoms with Crippen LogP contribution in [0.2, 0.25) is 0 Å². The number of rotatable bonds is 5. The maximum absolute atomic E-state index is 12.7. The van der Waals surface area contributed by atoms with Crippen LogP contribution in [0.25, 0.3) is 10.6 Å². The first-order chi connectivity index (χ1) is 13.2. The second kappa shape index (κ2) is 7.83. The molecule has 0 aliphatic rings. The van der Waals surface area contributed by atoms with Crippen molar-refractivity contribution in [3.8, 4) is 10.6 Å². The second-order valence-electron chi connectivity index (χ2n) is 7.20. The van der Waals surface area contributed by atoms with Crippen LogP contribution in [-0.4, -0.2) is 24.8 Å². The summed E-state index contributed by atoms with van der Waals surface area (Å²) < 4.78 is 28.0. The van der Waals surface area contributed by atoms with Gasteiger partial charge in [0.25, 0.3) is 5.91 Å². The summed E-state index contributed by atoms with van der Waals surface area (Å²) in [4.78, 5) is 17.4. The van der Waals surface area contributed by atoms with E-state index in [1.807, 2.05) is 30.3 Å². The number of nitrogens with one attached hydrogen (secondary N) is 2. The van der Waals surface area contributed by atoms with Crippen LogP contribution in [0.3, 0.4) is 0 Å². The molecular weight excluding hydrogens is 394 g/mol. The van der Waals surface area contributed by atoms with E-state index in [1.54, 1.807) is 39.0 Å². The highest BCUT2D eigenvalue weighted by atomic mass is 32.2. The molecule has 0 saturated heterocycles. The van der Waals surface area contributed by atoms with E-state index >= 15 is 0 Å². The summed E-state index contributed by atoms with van der Waals surface area (Å²) in [7, 11) is -3.79. The van der Waals surface area contributed by atoms with E-state index in [4.69, 9.17) is 0 Å². The lowest BCUT2D eigenvalue weighted by atomic mass is 10.1. The van der Waals surface area contributed by atoms with Crippen LogP contribution < -0.4 is 10.0 Å². The summed E-state index contributed by atoms with van der Waals surface area (Å²) in [5.41, 5.74) is 0.501. The molecule has 0 spiro atoms. The van der Waals surface area contributed by atoms with Crippen LogP contribution in [0.5, 0.6) is 0 Å². The minimum Gasteiger partial charge on any atom is -0.320 e. The van der Waals surface area contributed by atoms with Gasteiger partial charge in [-0.1, -0.05) is 42.5 Å². The smallest absolute Gasteiger partial charge is 0.267 e. The molecule has 28 heavy (non-hydrogen) atoms. The Labute approximate surface area is 168 Å². The highest BCUT2D eigenvalue weighted by molar-refractivity contribution is 7.89. The van der Waals surface area contributed by atoms with E-state index < -0.39 is 21.5 Å². The maximum atomic E-state index is 12.7. The lowest BCUT2D eigenvalue weighted by molar-refractivity contribution is 0.103. The Kier molecular flexibility index (Phi) is 5.64. The van der Waals surface area contributed by atoms with E-state index in [-0.39, 0.29) is 10.6 Å². The molecule has 0 unspecified atom stereocenters. The van der Waals surface area contributed by atoms with Gasteiger partial charge < -0.3 is 5.32 Å². The van der Waals surface area contributed by atoms with Crippen molar-refractivity contribution in [3.05, 3.63) is 65.7 Å². The van der Waals surface area contributed by atoms with Crippen LogP contribution in [0.4, 0.5) is 5.69 Å². The second-order valence-corrected chi connectivity index (χ2v) is 9.88. The molecule has 2 aromatic carbocycles. The van der Waals surface area contributed by atoms with Gasteiger partial charge in [-0.25, -0.2) is 18.1 Å². The number of carbonyl (C=O) groups excluding carboxylic acids is 1. The third kappa shape index (κ3) is 4.83. The molecule has 0 aliphatic carbocycles. The number of amides is 1. The topological polar surface area (TPSA) is 88.2 Å². The van der Waals surface area contributed by atoms with Gasteiger partial charge in [-0.2, -0.15) is 0 Å². The predicted octanol–water partition coefficient (Wildman–Crippen LogP) is 4.14. The summed E-state index contributed by atoms with van der Waals surface area (Å²) >= 11 is 1.25. The zero-order chi connectivity index (χ0) is 20.4. The van der Waals surface area contributed by atoms with Crippen molar-refractivity contribution in [2.45, 2.75) is 31.2 Å². The number of aromatic nitrogens is 1. The van der Waals surface area contributed by atoms with Gasteiger partial charge in [-0.05, 0) is 32.9 Å². The summed E-state index contributed by atoms with van der Waals surface area (Å²) in [6.45, 7) is 5.27. The number of benzene rings is 2. The van der Waals surface area contributed by atoms with E-state index in [0.717, 1.165) is 10.6 Å². The summed E-state index contributed by atoms with van der Waals surface area (Å²) in [5, 5.41) is 3.42. The largest absolute Gasteiger partial charge is 0.320 e. The highest BCUT2D eigenvalue weighted by Gasteiger charge is 2.25. The first kappa shape index (κ1) is 20.2. The number of hydrogen-bond donors (Lipinski definition) is 2. The molecule has 0 bridgehead atoms. The molecule has 0 radical (unpaired) electrons. The molecule has 8 heteroatoms. The molecule has 3 rings (SSSR count). The number of hydrogen-bond acceptors (Lipinski definition) is 5. The number of carbonyl (C=O) groups is 1. The average Bonchev–Trinajstić information content (AvgIpc) is 3.11. The van der Waals surface area contributed by atoms with Crippen molar-refractivity contribution in [1.82, 2.24) is 9.71 Å². The third-order valence-electron chi connectivity index (χ3n) is 3.62. The number of anilines is 1. The fourth-order valence-corrected chi connectivity index (χ4v) is 4.94. The standard InChI is InChI=1S/C20H21N3O3S2/c1-20(2,3)23-28(25,26)17-12-8-7-11-15(17)22-18(24)16-13-21-19(27-16)14-9-5-4-6-10-14/h4-13,23H,1-3H3,(H,22,24). The molecule has 0 fully saturated rings. The molecule has 0 aliphatic heterocycles. The first-order valence-corrected chi connectivity index (χ1v) is 10.9. The zero-order valence-corrected chi connectivity index (χ0v) is 17.4. The van der Waals surface area contributed by atoms with Crippen molar-refractivity contribution in [1.29, 1.82) is 0 Å². The lowest BCUT2D eigenvalue weighted by Crippen LogP contribution is -2.40. The summed E-state index contributed by atoms with van der Waals surface area (Å²) in [5.74, 6) is -0.405. The van der Waals surface area contributed by atoms with E-state index in [9.17, 15) is 13.2 Å². The van der Waals surface area contributed by atoms with Gasteiger partial charge >= 0.3 is 0 Å². The average molecular weight is 416 g/mol. The Morgan fingerprint density at radius 1 is 1.00 bits per heavy atom. The fraction of sp³-hybridized carbons (Fsp3) is 0.200. The Hall–Kier alpha value is -2.55. The summed E-state index contributed by atoms with van der Waals surface area (Å²) in [6, 6.07) is 15.9. The van der Waals surface area contributed by atoms with Crippen LogP contribution >= 0.6 is 11.3 Å². The van der Waals surface area contributed by atoms with Crippen LogP contribution in [0.15, 0.2) is 65.7 Å². The number of thiazole rings is 1. The maximum Gasteiger partial charge on any atom is 0.267 e. The molecule has 1 heterocycles. The minimum absolute atomic E-state index is 0.0195. The van der Waals surface area contributed by atoms with Gasteiger partial charge in [0.2, 0.25) is 10.0 Å². The molecule has 0 saturated carbocycles. The first-order valence-electron chi connectivity index (χ1n) is 8.61. The molecule has 6 nitrogen and oxygen atoms in total. The molecule has 0 atom stereocenters. The number of nitrogens with zero attached hydrogens (tertiary/aromatic N) is 1. The Morgan fingerprint density at radius 3 is 2.32 bits per heavy atom. The summed E-state index contributed by atoms with van der Waals surface area (Å²) in [6.07, 6.45) is 1.49. The Balaban J connectivity index is 1.85. The third-order valence-corrected chi connectivity index (χ3v) is 6.48. The molecule has 1 aromatic heterocycles. The van der Waals surface area contributed by atoms with Crippen LogP contribution in [-0.2, 0) is 10.0 Å². The zero-order valence-electron chi connectivity index (χ0n) is 15.8. The van der Waals surface area contributed by atoms with Gasteiger partial charge in [-0.3, -0.25) is 4.79 Å². The van der Waals surface area contributed by atoms with Crippen molar-refractivity contribution >= 4 is 33.0 Å². The van der Waals surface area contributed by atoms with E-state index in [0.29, 0.717) is 4.88 Å². The van der Waals surface area contributed by atoms with E-state index in [1.165, 1.54) is 23.6 Å².